The normalized spacial score (nSPS) is 20.7. The number of carbonyl (C=O) groups excluding carboxylic acids is 2. The van der Waals surface area contributed by atoms with Gasteiger partial charge >= 0.3 is 5.97 Å². The van der Waals surface area contributed by atoms with Gasteiger partial charge in [0, 0.05) is 6.54 Å². The highest BCUT2D eigenvalue weighted by molar-refractivity contribution is 5.92. The van der Waals surface area contributed by atoms with Crippen LogP contribution in [0.3, 0.4) is 0 Å². The Morgan fingerprint density at radius 3 is 2.59 bits per heavy atom. The molecule has 0 bridgehead atoms. The van der Waals surface area contributed by atoms with Crippen LogP contribution in [0.2, 0.25) is 0 Å². The van der Waals surface area contributed by atoms with Gasteiger partial charge in [0.1, 0.15) is 6.04 Å². The summed E-state index contributed by atoms with van der Waals surface area (Å²) in [4.78, 5) is 24.8. The van der Waals surface area contributed by atoms with E-state index in [-0.39, 0.29) is 5.91 Å². The number of β-lactam (4-membered cyclic amide) rings is 1. The molecule has 5 heteroatoms. The van der Waals surface area contributed by atoms with E-state index in [4.69, 9.17) is 10.5 Å². The first-order chi connectivity index (χ1) is 8.15. The molecule has 90 valence electrons. The van der Waals surface area contributed by atoms with E-state index in [1.165, 1.54) is 12.0 Å². The van der Waals surface area contributed by atoms with E-state index in [9.17, 15) is 9.59 Å². The summed E-state index contributed by atoms with van der Waals surface area (Å²) in [6.45, 7) is 0.382. The summed E-state index contributed by atoms with van der Waals surface area (Å²) in [5.41, 5.74) is 6.26. The number of hydrogen-bond donors (Lipinski definition) is 1. The van der Waals surface area contributed by atoms with Gasteiger partial charge in [-0.1, -0.05) is 30.3 Å². The minimum Gasteiger partial charge on any atom is -0.467 e. The molecule has 0 radical (unpaired) electrons. The predicted molar refractivity (Wildman–Crippen MR) is 60.9 cm³/mol. The van der Waals surface area contributed by atoms with Crippen molar-refractivity contribution in [2.75, 3.05) is 13.7 Å². The maximum absolute atomic E-state index is 11.7. The Hall–Kier alpha value is -1.88. The van der Waals surface area contributed by atoms with Gasteiger partial charge in [0.05, 0.1) is 7.11 Å². The Labute approximate surface area is 99.2 Å². The van der Waals surface area contributed by atoms with Crippen molar-refractivity contribution < 1.29 is 14.3 Å². The number of methoxy groups -OCH3 is 1. The van der Waals surface area contributed by atoms with E-state index in [2.05, 4.69) is 0 Å². The summed E-state index contributed by atoms with van der Waals surface area (Å²) in [5.74, 6) is -0.666. The van der Waals surface area contributed by atoms with Gasteiger partial charge in [-0.3, -0.25) is 4.79 Å². The van der Waals surface area contributed by atoms with Crippen molar-refractivity contribution in [2.45, 2.75) is 12.1 Å². The fourth-order valence-electron chi connectivity index (χ4n) is 1.90. The lowest BCUT2D eigenvalue weighted by molar-refractivity contribution is -0.160. The summed E-state index contributed by atoms with van der Waals surface area (Å²) < 4.78 is 4.73. The SMILES string of the molecule is COC(=O)C(c1ccccc1)N1CC(N)C1=O. The zero-order chi connectivity index (χ0) is 12.4. The molecule has 1 aliphatic heterocycles. The molecule has 1 aromatic carbocycles. The highest BCUT2D eigenvalue weighted by atomic mass is 16.5. The number of esters is 1. The van der Waals surface area contributed by atoms with Crippen molar-refractivity contribution in [1.29, 1.82) is 0 Å². The molecular weight excluding hydrogens is 220 g/mol. The van der Waals surface area contributed by atoms with Crippen LogP contribution in [0.25, 0.3) is 0 Å². The van der Waals surface area contributed by atoms with Gasteiger partial charge in [-0.2, -0.15) is 0 Å². The number of benzene rings is 1. The molecule has 0 saturated carbocycles. The molecule has 0 spiro atoms. The Kier molecular flexibility index (Phi) is 3.10. The number of carbonyl (C=O) groups is 2. The molecule has 0 aliphatic carbocycles. The Morgan fingerprint density at radius 2 is 2.12 bits per heavy atom. The first-order valence-electron chi connectivity index (χ1n) is 5.34. The van der Waals surface area contributed by atoms with Crippen molar-refractivity contribution in [3.63, 3.8) is 0 Å². The third-order valence-corrected chi connectivity index (χ3v) is 2.85. The second-order valence-corrected chi connectivity index (χ2v) is 3.93. The first kappa shape index (κ1) is 11.6. The van der Waals surface area contributed by atoms with E-state index in [1.54, 1.807) is 12.1 Å². The van der Waals surface area contributed by atoms with E-state index in [0.29, 0.717) is 6.54 Å². The van der Waals surface area contributed by atoms with E-state index in [0.717, 1.165) is 5.56 Å². The summed E-state index contributed by atoms with van der Waals surface area (Å²) in [5, 5.41) is 0. The third-order valence-electron chi connectivity index (χ3n) is 2.85. The van der Waals surface area contributed by atoms with Crippen molar-refractivity contribution >= 4 is 11.9 Å². The molecule has 2 unspecified atom stereocenters. The van der Waals surface area contributed by atoms with E-state index < -0.39 is 18.1 Å². The molecule has 17 heavy (non-hydrogen) atoms. The van der Waals surface area contributed by atoms with Gasteiger partial charge < -0.3 is 15.4 Å². The second-order valence-electron chi connectivity index (χ2n) is 3.93. The third kappa shape index (κ3) is 2.01. The summed E-state index contributed by atoms with van der Waals surface area (Å²) >= 11 is 0. The fraction of sp³-hybridized carbons (Fsp3) is 0.333. The molecule has 1 fully saturated rings. The number of nitrogens with zero attached hydrogens (tertiary/aromatic N) is 1. The molecule has 1 aliphatic rings. The smallest absolute Gasteiger partial charge is 0.333 e. The number of ether oxygens (including phenoxy) is 1. The summed E-state index contributed by atoms with van der Waals surface area (Å²) in [6, 6.07) is 7.88. The van der Waals surface area contributed by atoms with Crippen LogP contribution in [-0.4, -0.2) is 36.5 Å². The topological polar surface area (TPSA) is 72.6 Å². The van der Waals surface area contributed by atoms with Crippen LogP contribution in [0, 0.1) is 0 Å². The number of nitrogens with two attached hydrogens (primary N) is 1. The van der Waals surface area contributed by atoms with E-state index >= 15 is 0 Å². The Morgan fingerprint density at radius 1 is 1.47 bits per heavy atom. The summed E-state index contributed by atoms with van der Waals surface area (Å²) in [6.07, 6.45) is 0. The van der Waals surface area contributed by atoms with Crippen molar-refractivity contribution in [3.05, 3.63) is 35.9 Å². The van der Waals surface area contributed by atoms with Gasteiger partial charge in [0.15, 0.2) is 6.04 Å². The Bertz CT molecular complexity index is 433. The van der Waals surface area contributed by atoms with Gasteiger partial charge in [-0.25, -0.2) is 4.79 Å². The lowest BCUT2D eigenvalue weighted by atomic mass is 9.99. The quantitative estimate of drug-likeness (QED) is 0.593. The first-order valence-corrected chi connectivity index (χ1v) is 5.34. The standard InChI is InChI=1S/C12H14N2O3/c1-17-12(16)10(8-5-3-2-4-6-8)14-7-9(13)11(14)15/h2-6,9-10H,7,13H2,1H3. The van der Waals surface area contributed by atoms with Crippen LogP contribution in [0.4, 0.5) is 0 Å². The lowest BCUT2D eigenvalue weighted by Crippen LogP contribution is -2.62. The molecule has 1 aromatic rings. The second kappa shape index (κ2) is 4.55. The monoisotopic (exact) mass is 234 g/mol. The molecule has 1 amide bonds. The maximum atomic E-state index is 11.7. The van der Waals surface area contributed by atoms with Crippen LogP contribution >= 0.6 is 0 Å². The molecule has 1 heterocycles. The van der Waals surface area contributed by atoms with Crippen molar-refractivity contribution in [1.82, 2.24) is 4.90 Å². The van der Waals surface area contributed by atoms with Crippen molar-refractivity contribution in [2.24, 2.45) is 5.73 Å². The predicted octanol–water partition coefficient (Wildman–Crippen LogP) is 0.0702. The minimum atomic E-state index is -0.687. The molecule has 0 aromatic heterocycles. The van der Waals surface area contributed by atoms with Gasteiger partial charge in [-0.05, 0) is 5.56 Å². The van der Waals surface area contributed by atoms with Crippen LogP contribution in [0.15, 0.2) is 30.3 Å². The molecule has 2 rings (SSSR count). The highest BCUT2D eigenvalue weighted by Gasteiger charge is 2.42. The average Bonchev–Trinajstić information content (AvgIpc) is 2.38. The van der Waals surface area contributed by atoms with Crippen LogP contribution in [0.5, 0.6) is 0 Å². The fourth-order valence-corrected chi connectivity index (χ4v) is 1.90. The maximum Gasteiger partial charge on any atom is 0.333 e. The zero-order valence-electron chi connectivity index (χ0n) is 9.50. The van der Waals surface area contributed by atoms with Gasteiger partial charge in [-0.15, -0.1) is 0 Å². The average molecular weight is 234 g/mol. The van der Waals surface area contributed by atoms with Gasteiger partial charge in [0.2, 0.25) is 5.91 Å². The van der Waals surface area contributed by atoms with Crippen LogP contribution < -0.4 is 5.73 Å². The van der Waals surface area contributed by atoms with Crippen LogP contribution in [-0.2, 0) is 14.3 Å². The van der Waals surface area contributed by atoms with E-state index in [1.807, 2.05) is 18.2 Å². The highest BCUT2D eigenvalue weighted by Crippen LogP contribution is 2.27. The zero-order valence-corrected chi connectivity index (χ0v) is 9.50. The number of likely N-dealkylation sites (tertiary alicyclic amines) is 1. The summed E-state index contributed by atoms with van der Waals surface area (Å²) in [7, 11) is 1.31. The lowest BCUT2D eigenvalue weighted by Gasteiger charge is -2.40. The number of hydrogen-bond acceptors (Lipinski definition) is 4. The van der Waals surface area contributed by atoms with Gasteiger partial charge in [0.25, 0.3) is 0 Å². The number of amides is 1. The Balaban J connectivity index is 2.27. The molecule has 1 saturated heterocycles. The largest absolute Gasteiger partial charge is 0.467 e. The van der Waals surface area contributed by atoms with Crippen molar-refractivity contribution in [3.8, 4) is 0 Å². The molecule has 2 N–H and O–H groups in total. The number of rotatable bonds is 3. The molecule has 2 atom stereocenters. The molecular formula is C12H14N2O3. The molecule has 5 nitrogen and oxygen atoms in total. The minimum absolute atomic E-state index is 0.218. The van der Waals surface area contributed by atoms with Crippen LogP contribution in [0.1, 0.15) is 11.6 Å².